The molecule has 1 heterocycles. The van der Waals surface area contributed by atoms with E-state index in [1.807, 2.05) is 45.0 Å². The highest BCUT2D eigenvalue weighted by atomic mass is 16.5. The quantitative estimate of drug-likeness (QED) is 0.917. The summed E-state index contributed by atoms with van der Waals surface area (Å²) < 4.78 is 5.11. The van der Waals surface area contributed by atoms with Gasteiger partial charge >= 0.3 is 0 Å². The van der Waals surface area contributed by atoms with Gasteiger partial charge in [-0.2, -0.15) is 0 Å². The van der Waals surface area contributed by atoms with Gasteiger partial charge in [-0.25, -0.2) is 0 Å². The van der Waals surface area contributed by atoms with Gasteiger partial charge in [-0.15, -0.1) is 0 Å². The Morgan fingerprint density at radius 1 is 1.37 bits per heavy atom. The number of aryl methyl sites for hydroxylation is 1. The summed E-state index contributed by atoms with van der Waals surface area (Å²) in [5, 5.41) is 6.61. The van der Waals surface area contributed by atoms with Crippen LogP contribution >= 0.6 is 0 Å². The van der Waals surface area contributed by atoms with Gasteiger partial charge in [0.1, 0.15) is 5.76 Å². The number of carbonyl (C=O) groups is 1. The van der Waals surface area contributed by atoms with E-state index >= 15 is 0 Å². The second-order valence-electron chi connectivity index (χ2n) is 4.94. The van der Waals surface area contributed by atoms with Gasteiger partial charge in [0, 0.05) is 18.5 Å². The highest BCUT2D eigenvalue weighted by Crippen LogP contribution is 2.15. The first-order chi connectivity index (χ1) is 9.06. The number of nitrogens with one attached hydrogen (secondary N) is 1. The minimum absolute atomic E-state index is 0.211. The summed E-state index contributed by atoms with van der Waals surface area (Å²) in [5.41, 5.74) is 2.58. The lowest BCUT2D eigenvalue weighted by atomic mass is 10.1. The van der Waals surface area contributed by atoms with Crippen molar-refractivity contribution in [1.82, 2.24) is 10.5 Å². The average molecular weight is 258 g/mol. The van der Waals surface area contributed by atoms with Crippen molar-refractivity contribution in [3.63, 3.8) is 0 Å². The van der Waals surface area contributed by atoms with Crippen LogP contribution < -0.4 is 5.32 Å². The molecule has 100 valence electrons. The van der Waals surface area contributed by atoms with Crippen molar-refractivity contribution in [3.05, 3.63) is 52.9 Å². The molecule has 0 saturated heterocycles. The van der Waals surface area contributed by atoms with Crippen LogP contribution in [0.15, 0.2) is 34.9 Å². The molecule has 4 nitrogen and oxygen atoms in total. The molecule has 4 heteroatoms. The summed E-state index contributed by atoms with van der Waals surface area (Å²) in [5.74, 6) is 0.740. The van der Waals surface area contributed by atoms with Gasteiger partial charge in [-0.1, -0.05) is 48.8 Å². The largest absolute Gasteiger partial charge is 0.360 e. The molecular weight excluding hydrogens is 240 g/mol. The summed E-state index contributed by atoms with van der Waals surface area (Å²) in [7, 11) is 0. The molecule has 2 rings (SSSR count). The van der Waals surface area contributed by atoms with Crippen LogP contribution in [0.4, 0.5) is 0 Å². The minimum atomic E-state index is -0.211. The Morgan fingerprint density at radius 3 is 2.79 bits per heavy atom. The topological polar surface area (TPSA) is 55.1 Å². The second-order valence-corrected chi connectivity index (χ2v) is 4.94. The Kier molecular flexibility index (Phi) is 4.00. The molecule has 2 aromatic rings. The Labute approximate surface area is 112 Å². The van der Waals surface area contributed by atoms with Crippen LogP contribution in [0.3, 0.4) is 0 Å². The first-order valence-corrected chi connectivity index (χ1v) is 6.36. The number of hydrogen-bond acceptors (Lipinski definition) is 3. The lowest BCUT2D eigenvalue weighted by Gasteiger charge is -2.03. The number of benzene rings is 1. The molecule has 0 aliphatic carbocycles. The van der Waals surface area contributed by atoms with Gasteiger partial charge < -0.3 is 9.84 Å². The first kappa shape index (κ1) is 13.3. The predicted octanol–water partition coefficient (Wildman–Crippen LogP) is 3.04. The number of nitrogens with zero attached hydrogens (tertiary/aromatic N) is 1. The first-order valence-electron chi connectivity index (χ1n) is 6.36. The fourth-order valence-electron chi connectivity index (χ4n) is 1.76. The Hall–Kier alpha value is -2.10. The Bertz CT molecular complexity index is 573. The molecule has 0 aliphatic rings. The van der Waals surface area contributed by atoms with Crippen LogP contribution in [0.1, 0.15) is 47.1 Å². The maximum atomic E-state index is 11.9. The molecule has 1 N–H and O–H groups in total. The molecule has 0 unspecified atom stereocenters. The fraction of sp³-hybridized carbons (Fsp3) is 0.333. The Morgan fingerprint density at radius 2 is 2.16 bits per heavy atom. The third-order valence-corrected chi connectivity index (χ3v) is 2.87. The van der Waals surface area contributed by atoms with Crippen LogP contribution in [0.25, 0.3) is 0 Å². The second kappa shape index (κ2) is 5.69. The molecule has 0 saturated carbocycles. The third-order valence-electron chi connectivity index (χ3n) is 2.87. The number of amides is 1. The summed E-state index contributed by atoms with van der Waals surface area (Å²) in [6.45, 7) is 6.51. The molecule has 0 radical (unpaired) electrons. The molecule has 0 fully saturated rings. The summed E-state index contributed by atoms with van der Waals surface area (Å²) in [6, 6.07) is 9.72. The van der Waals surface area contributed by atoms with E-state index in [4.69, 9.17) is 4.52 Å². The summed E-state index contributed by atoms with van der Waals surface area (Å²) >= 11 is 0. The van der Waals surface area contributed by atoms with Gasteiger partial charge in [0.05, 0.1) is 0 Å². The van der Waals surface area contributed by atoms with E-state index in [1.165, 1.54) is 5.56 Å². The fourth-order valence-corrected chi connectivity index (χ4v) is 1.76. The van der Waals surface area contributed by atoms with E-state index in [0.717, 1.165) is 11.3 Å². The maximum Gasteiger partial charge on any atom is 0.273 e. The van der Waals surface area contributed by atoms with Crippen molar-refractivity contribution in [2.75, 3.05) is 0 Å². The van der Waals surface area contributed by atoms with Crippen LogP contribution in [-0.2, 0) is 6.54 Å². The molecular formula is C15H18N2O2. The maximum absolute atomic E-state index is 11.9. The predicted molar refractivity (Wildman–Crippen MR) is 72.9 cm³/mol. The van der Waals surface area contributed by atoms with E-state index in [9.17, 15) is 4.79 Å². The van der Waals surface area contributed by atoms with Gasteiger partial charge in [0.2, 0.25) is 0 Å². The van der Waals surface area contributed by atoms with Gasteiger partial charge in [0.15, 0.2) is 5.69 Å². The van der Waals surface area contributed by atoms with Gasteiger partial charge in [-0.05, 0) is 12.5 Å². The zero-order chi connectivity index (χ0) is 13.8. The molecule has 19 heavy (non-hydrogen) atoms. The van der Waals surface area contributed by atoms with Crippen LogP contribution in [0.5, 0.6) is 0 Å². The molecule has 0 bridgehead atoms. The van der Waals surface area contributed by atoms with Crippen molar-refractivity contribution in [3.8, 4) is 0 Å². The van der Waals surface area contributed by atoms with Crippen molar-refractivity contribution in [2.45, 2.75) is 33.2 Å². The van der Waals surface area contributed by atoms with E-state index < -0.39 is 0 Å². The van der Waals surface area contributed by atoms with Crippen molar-refractivity contribution < 1.29 is 9.32 Å². The summed E-state index contributed by atoms with van der Waals surface area (Å²) in [6.07, 6.45) is 0. The smallest absolute Gasteiger partial charge is 0.273 e. The molecule has 1 aromatic carbocycles. The third kappa shape index (κ3) is 3.44. The van der Waals surface area contributed by atoms with E-state index in [1.54, 1.807) is 6.07 Å². The van der Waals surface area contributed by atoms with Crippen molar-refractivity contribution >= 4 is 5.91 Å². The average Bonchev–Trinajstić information content (AvgIpc) is 2.86. The van der Waals surface area contributed by atoms with Gasteiger partial charge in [-0.3, -0.25) is 4.79 Å². The molecule has 0 aliphatic heterocycles. The van der Waals surface area contributed by atoms with Crippen molar-refractivity contribution in [2.24, 2.45) is 0 Å². The standard InChI is InChI=1S/C15H18N2O2/c1-10(2)14-8-13(17-19-14)15(18)16-9-12-6-4-5-11(3)7-12/h4-8,10H,9H2,1-3H3,(H,16,18). The van der Waals surface area contributed by atoms with E-state index in [0.29, 0.717) is 12.2 Å². The molecule has 0 atom stereocenters. The molecule has 0 spiro atoms. The van der Waals surface area contributed by atoms with Gasteiger partial charge in [0.25, 0.3) is 5.91 Å². The highest BCUT2D eigenvalue weighted by molar-refractivity contribution is 5.92. The molecule has 1 aromatic heterocycles. The number of aromatic nitrogens is 1. The number of carbonyl (C=O) groups excluding carboxylic acids is 1. The lowest BCUT2D eigenvalue weighted by molar-refractivity contribution is 0.0941. The minimum Gasteiger partial charge on any atom is -0.360 e. The van der Waals surface area contributed by atoms with Crippen LogP contribution in [0, 0.1) is 6.92 Å². The zero-order valence-electron chi connectivity index (χ0n) is 11.4. The monoisotopic (exact) mass is 258 g/mol. The number of hydrogen-bond donors (Lipinski definition) is 1. The summed E-state index contributed by atoms with van der Waals surface area (Å²) in [4.78, 5) is 11.9. The molecule has 1 amide bonds. The zero-order valence-corrected chi connectivity index (χ0v) is 11.4. The van der Waals surface area contributed by atoms with E-state index in [2.05, 4.69) is 10.5 Å². The van der Waals surface area contributed by atoms with Crippen LogP contribution in [0.2, 0.25) is 0 Å². The SMILES string of the molecule is Cc1cccc(CNC(=O)c2cc(C(C)C)on2)c1. The van der Waals surface area contributed by atoms with E-state index in [-0.39, 0.29) is 11.8 Å². The highest BCUT2D eigenvalue weighted by Gasteiger charge is 2.13. The lowest BCUT2D eigenvalue weighted by Crippen LogP contribution is -2.23. The van der Waals surface area contributed by atoms with Crippen LogP contribution in [-0.4, -0.2) is 11.1 Å². The number of rotatable bonds is 4. The normalized spacial score (nSPS) is 10.7. The van der Waals surface area contributed by atoms with Crippen molar-refractivity contribution in [1.29, 1.82) is 0 Å². The Balaban J connectivity index is 1.97.